The number of carbonyl (C=O) groups excluding carboxylic acids is 1. The molecule has 2 aromatic heterocycles. The van der Waals surface area contributed by atoms with Gasteiger partial charge in [-0.25, -0.2) is 18.7 Å². The summed E-state index contributed by atoms with van der Waals surface area (Å²) in [5.41, 5.74) is 3.43. The van der Waals surface area contributed by atoms with Gasteiger partial charge in [-0.3, -0.25) is 14.8 Å². The van der Waals surface area contributed by atoms with Gasteiger partial charge in [0.15, 0.2) is 11.5 Å². The van der Waals surface area contributed by atoms with Crippen molar-refractivity contribution in [2.24, 2.45) is 21.8 Å². The average Bonchev–Trinajstić information content (AvgIpc) is 3.00. The Kier molecular flexibility index (Phi) is 10.2. The van der Waals surface area contributed by atoms with E-state index >= 15 is 0 Å². The SMILES string of the molecule is C=Cc1ccccc1-c1nc2c(cc1Cl)c(N1CCN(C(=O)C(=C)F)C[C@@H]1C)nc(=O)n2/C(C(=NC)C(C)C)=C(/N=C)C(C)C. The molecule has 0 unspecified atom stereocenters. The second-order valence-electron chi connectivity index (χ2n) is 11.5. The molecule has 1 fully saturated rings. The van der Waals surface area contributed by atoms with E-state index < -0.39 is 17.4 Å². The summed E-state index contributed by atoms with van der Waals surface area (Å²) in [6.45, 7) is 21.4. The third-order valence-corrected chi connectivity index (χ3v) is 8.16. The van der Waals surface area contributed by atoms with Gasteiger partial charge in [-0.1, -0.05) is 82.8 Å². The van der Waals surface area contributed by atoms with Crippen molar-refractivity contribution in [2.45, 2.75) is 40.7 Å². The first-order chi connectivity index (χ1) is 21.4. The molecule has 0 radical (unpaired) electrons. The Hall–Kier alpha value is -4.44. The highest BCUT2D eigenvalue weighted by Crippen LogP contribution is 2.37. The monoisotopic (exact) mass is 631 g/mol. The fourth-order valence-corrected chi connectivity index (χ4v) is 6.02. The zero-order valence-electron chi connectivity index (χ0n) is 26.6. The molecule has 1 atom stereocenters. The number of aromatic nitrogens is 3. The molecule has 1 aromatic carbocycles. The van der Waals surface area contributed by atoms with Crippen molar-refractivity contribution in [3.63, 3.8) is 0 Å². The van der Waals surface area contributed by atoms with E-state index in [2.05, 4.69) is 34.8 Å². The number of halogens is 2. The molecular formula is C34H39ClFN7O2. The maximum Gasteiger partial charge on any atom is 0.355 e. The summed E-state index contributed by atoms with van der Waals surface area (Å²) >= 11 is 6.97. The van der Waals surface area contributed by atoms with Crippen molar-refractivity contribution in [3.05, 3.63) is 76.1 Å². The number of pyridine rings is 1. The molecule has 11 heteroatoms. The van der Waals surface area contributed by atoms with E-state index in [0.29, 0.717) is 51.2 Å². The Labute approximate surface area is 268 Å². The van der Waals surface area contributed by atoms with Crippen molar-refractivity contribution in [2.75, 3.05) is 31.6 Å². The van der Waals surface area contributed by atoms with Gasteiger partial charge in [0.1, 0.15) is 5.82 Å². The van der Waals surface area contributed by atoms with Crippen LogP contribution >= 0.6 is 11.6 Å². The summed E-state index contributed by atoms with van der Waals surface area (Å²) < 4.78 is 15.1. The third kappa shape index (κ3) is 6.38. The summed E-state index contributed by atoms with van der Waals surface area (Å²) in [7, 11) is 1.68. The van der Waals surface area contributed by atoms with Crippen LogP contribution in [-0.4, -0.2) is 70.5 Å². The van der Waals surface area contributed by atoms with Crippen LogP contribution in [0.1, 0.15) is 40.2 Å². The number of hydrogen-bond donors (Lipinski definition) is 0. The lowest BCUT2D eigenvalue weighted by Gasteiger charge is -2.40. The van der Waals surface area contributed by atoms with Gasteiger partial charge < -0.3 is 9.80 Å². The van der Waals surface area contributed by atoms with E-state index in [1.54, 1.807) is 19.2 Å². The minimum atomic E-state index is -1.01. The largest absolute Gasteiger partial charge is 0.355 e. The summed E-state index contributed by atoms with van der Waals surface area (Å²) in [6, 6.07) is 9.04. The number of aliphatic imine (C=N–C) groups is 2. The molecule has 0 bridgehead atoms. The van der Waals surface area contributed by atoms with Gasteiger partial charge in [-0.15, -0.1) is 0 Å². The summed E-state index contributed by atoms with van der Waals surface area (Å²) in [6.07, 6.45) is 1.72. The topological polar surface area (TPSA) is 96.1 Å². The Morgan fingerprint density at radius 2 is 1.84 bits per heavy atom. The van der Waals surface area contributed by atoms with Crippen molar-refractivity contribution >= 4 is 58.6 Å². The fourth-order valence-electron chi connectivity index (χ4n) is 5.76. The van der Waals surface area contributed by atoms with Crippen LogP contribution in [0, 0.1) is 11.8 Å². The highest BCUT2D eigenvalue weighted by atomic mass is 35.5. The predicted octanol–water partition coefficient (Wildman–Crippen LogP) is 6.53. The molecule has 45 heavy (non-hydrogen) atoms. The first-order valence-corrected chi connectivity index (χ1v) is 15.2. The lowest BCUT2D eigenvalue weighted by atomic mass is 9.98. The van der Waals surface area contributed by atoms with Gasteiger partial charge in [-0.2, -0.15) is 4.98 Å². The van der Waals surface area contributed by atoms with E-state index in [0.717, 1.165) is 11.1 Å². The van der Waals surface area contributed by atoms with E-state index in [1.807, 2.05) is 63.8 Å². The average molecular weight is 632 g/mol. The molecule has 1 amide bonds. The highest BCUT2D eigenvalue weighted by Gasteiger charge is 2.32. The molecule has 3 aromatic rings. The van der Waals surface area contributed by atoms with Gasteiger partial charge >= 0.3 is 5.69 Å². The number of fused-ring (bicyclic) bond motifs is 1. The number of amides is 1. The molecule has 236 valence electrons. The van der Waals surface area contributed by atoms with E-state index in [1.165, 1.54) is 9.47 Å². The number of benzene rings is 1. The lowest BCUT2D eigenvalue weighted by molar-refractivity contribution is -0.129. The molecule has 0 aliphatic carbocycles. The van der Waals surface area contributed by atoms with E-state index in [4.69, 9.17) is 16.6 Å². The number of hydrogen-bond acceptors (Lipinski definition) is 7. The zero-order valence-corrected chi connectivity index (χ0v) is 27.4. The molecular weight excluding hydrogens is 593 g/mol. The standard InChI is InChI=1S/C34H39ClFN7O2/c1-10-23-13-11-12-14-24(23)29-26(35)17-25-31(42-16-15-41(18-21(42)6)33(44)22(7)36)40-34(45)43(32(25)39-29)30(27(37-8)19(2)3)28(38-9)20(4)5/h10-14,17,19-21H,1,7-8,15-16,18H2,2-6,9H3/b30-27+,38-28?/t21-/m0/s1. The van der Waals surface area contributed by atoms with Crippen molar-refractivity contribution in [1.29, 1.82) is 0 Å². The highest BCUT2D eigenvalue weighted by molar-refractivity contribution is 6.34. The van der Waals surface area contributed by atoms with Crippen molar-refractivity contribution in [3.8, 4) is 11.3 Å². The Morgan fingerprint density at radius 3 is 2.40 bits per heavy atom. The van der Waals surface area contributed by atoms with Crippen molar-refractivity contribution < 1.29 is 9.18 Å². The Morgan fingerprint density at radius 1 is 1.16 bits per heavy atom. The maximum atomic E-state index is 14.3. The lowest BCUT2D eigenvalue weighted by Crippen LogP contribution is -2.54. The fraction of sp³-hybridized carbons (Fsp3) is 0.353. The van der Waals surface area contributed by atoms with Crippen LogP contribution in [-0.2, 0) is 4.79 Å². The van der Waals surface area contributed by atoms with Gasteiger partial charge in [0.25, 0.3) is 5.91 Å². The van der Waals surface area contributed by atoms with Crippen LogP contribution in [0.3, 0.4) is 0 Å². The Bertz CT molecular complexity index is 1810. The minimum Gasteiger partial charge on any atom is -0.350 e. The van der Waals surface area contributed by atoms with Crippen molar-refractivity contribution in [1.82, 2.24) is 19.4 Å². The third-order valence-electron chi connectivity index (χ3n) is 7.87. The number of carbonyl (C=O) groups is 1. The minimum absolute atomic E-state index is 0.0775. The second-order valence-corrected chi connectivity index (χ2v) is 12.0. The second kappa shape index (κ2) is 13.7. The van der Waals surface area contributed by atoms with E-state index in [-0.39, 0.29) is 31.0 Å². The summed E-state index contributed by atoms with van der Waals surface area (Å²) in [4.78, 5) is 48.6. The molecule has 0 N–H and O–H groups in total. The molecule has 4 rings (SSSR count). The molecule has 1 saturated heterocycles. The first kappa shape index (κ1) is 33.5. The molecule has 0 saturated carbocycles. The predicted molar refractivity (Wildman–Crippen MR) is 184 cm³/mol. The molecule has 9 nitrogen and oxygen atoms in total. The first-order valence-electron chi connectivity index (χ1n) is 14.8. The van der Waals surface area contributed by atoms with Crippen LogP contribution in [0.4, 0.5) is 10.2 Å². The summed E-state index contributed by atoms with van der Waals surface area (Å²) in [5.74, 6) is -1.60. The summed E-state index contributed by atoms with van der Waals surface area (Å²) in [5, 5.41) is 0.870. The van der Waals surface area contributed by atoms with Crippen LogP contribution in [0.15, 0.2) is 69.8 Å². The number of rotatable bonds is 9. The normalized spacial score (nSPS) is 16.3. The van der Waals surface area contributed by atoms with Gasteiger partial charge in [0, 0.05) is 38.3 Å². The Balaban J connectivity index is 2.12. The number of anilines is 1. The number of allylic oxidation sites excluding steroid dienone is 2. The van der Waals surface area contributed by atoms with Gasteiger partial charge in [0.2, 0.25) is 0 Å². The van der Waals surface area contributed by atoms with E-state index in [9.17, 15) is 14.0 Å². The quantitative estimate of drug-likeness (QED) is 0.198. The van der Waals surface area contributed by atoms with Gasteiger partial charge in [0.05, 0.1) is 33.2 Å². The van der Waals surface area contributed by atoms with Crippen LogP contribution in [0.5, 0.6) is 0 Å². The number of nitrogens with zero attached hydrogens (tertiary/aromatic N) is 7. The smallest absolute Gasteiger partial charge is 0.350 e. The molecule has 1 aliphatic heterocycles. The molecule has 0 spiro atoms. The van der Waals surface area contributed by atoms with Crippen LogP contribution < -0.4 is 10.6 Å². The maximum absolute atomic E-state index is 14.3. The molecule has 1 aliphatic rings. The molecule has 3 heterocycles. The van der Waals surface area contributed by atoms with Gasteiger partial charge in [-0.05, 0) is 37.1 Å². The zero-order chi connectivity index (χ0) is 33.2. The van der Waals surface area contributed by atoms with Crippen LogP contribution in [0.25, 0.3) is 34.1 Å². The number of piperazine rings is 1. The van der Waals surface area contributed by atoms with Crippen LogP contribution in [0.2, 0.25) is 5.02 Å².